The van der Waals surface area contributed by atoms with E-state index >= 15 is 0 Å². The number of hydrogen-bond donors (Lipinski definition) is 1. The highest BCUT2D eigenvalue weighted by molar-refractivity contribution is 9.10. The minimum Gasteiger partial charge on any atom is -0.497 e. The first kappa shape index (κ1) is 23.8. The first-order chi connectivity index (χ1) is 15.1. The number of carbonyl (C=O) groups excluding carboxylic acids is 1. The van der Waals surface area contributed by atoms with Gasteiger partial charge >= 0.3 is 5.97 Å². The average Bonchev–Trinajstić information content (AvgIpc) is 2.79. The molecule has 3 rings (SSSR count). The SMILES string of the molecule is COC(=O)c1c(Cc2ccccc2Br)c(C)c(N)c(C)c1S(=O)(=O)c1ccc(OC)cc1. The molecule has 3 aromatic rings. The Balaban J connectivity index is 2.35. The molecule has 0 saturated heterocycles. The lowest BCUT2D eigenvalue weighted by Crippen LogP contribution is -2.19. The molecule has 0 spiro atoms. The van der Waals surface area contributed by atoms with Crippen molar-refractivity contribution >= 4 is 37.4 Å². The molecule has 0 bridgehead atoms. The Morgan fingerprint density at radius 1 is 1.00 bits per heavy atom. The molecule has 0 radical (unpaired) electrons. The zero-order valence-corrected chi connectivity index (χ0v) is 20.6. The summed E-state index contributed by atoms with van der Waals surface area (Å²) in [7, 11) is -1.36. The summed E-state index contributed by atoms with van der Waals surface area (Å²) in [6.45, 7) is 3.39. The number of sulfone groups is 1. The highest BCUT2D eigenvalue weighted by Crippen LogP contribution is 2.38. The monoisotopic (exact) mass is 517 g/mol. The fourth-order valence-corrected chi connectivity index (χ4v) is 5.80. The summed E-state index contributed by atoms with van der Waals surface area (Å²) in [5.74, 6) is -0.211. The number of methoxy groups -OCH3 is 2. The fourth-order valence-electron chi connectivity index (χ4n) is 3.66. The first-order valence-corrected chi connectivity index (χ1v) is 12.0. The van der Waals surface area contributed by atoms with Gasteiger partial charge in [0, 0.05) is 10.2 Å². The number of nitrogens with two attached hydrogens (primary N) is 1. The van der Waals surface area contributed by atoms with E-state index in [9.17, 15) is 13.2 Å². The Kier molecular flexibility index (Phi) is 6.95. The third kappa shape index (κ3) is 4.25. The van der Waals surface area contributed by atoms with E-state index in [-0.39, 0.29) is 15.4 Å². The Hall–Kier alpha value is -2.84. The third-order valence-electron chi connectivity index (χ3n) is 5.48. The van der Waals surface area contributed by atoms with Crippen LogP contribution >= 0.6 is 15.9 Å². The summed E-state index contributed by atoms with van der Waals surface area (Å²) in [5.41, 5.74) is 9.05. The summed E-state index contributed by atoms with van der Waals surface area (Å²) in [4.78, 5) is 12.9. The molecule has 3 aromatic carbocycles. The van der Waals surface area contributed by atoms with Gasteiger partial charge in [0.15, 0.2) is 0 Å². The summed E-state index contributed by atoms with van der Waals surface area (Å²) in [5, 5.41) is 0. The predicted molar refractivity (Wildman–Crippen MR) is 127 cm³/mol. The molecule has 2 N–H and O–H groups in total. The van der Waals surface area contributed by atoms with E-state index in [4.69, 9.17) is 15.2 Å². The minimum atomic E-state index is -4.09. The second-order valence-electron chi connectivity index (χ2n) is 7.29. The summed E-state index contributed by atoms with van der Waals surface area (Å²) >= 11 is 3.52. The number of anilines is 1. The summed E-state index contributed by atoms with van der Waals surface area (Å²) in [6, 6.07) is 13.5. The molecule has 0 aliphatic rings. The molecule has 0 amide bonds. The summed E-state index contributed by atoms with van der Waals surface area (Å²) in [6.07, 6.45) is 0.299. The molecule has 0 saturated carbocycles. The molecule has 6 nitrogen and oxygen atoms in total. The van der Waals surface area contributed by atoms with Crippen LogP contribution in [0, 0.1) is 13.8 Å². The van der Waals surface area contributed by atoms with Gasteiger partial charge in [-0.05, 0) is 72.9 Å². The van der Waals surface area contributed by atoms with Crippen molar-refractivity contribution in [1.29, 1.82) is 0 Å². The molecule has 0 aromatic heterocycles. The van der Waals surface area contributed by atoms with Crippen molar-refractivity contribution in [3.63, 3.8) is 0 Å². The number of rotatable bonds is 6. The van der Waals surface area contributed by atoms with Gasteiger partial charge in [0.25, 0.3) is 0 Å². The van der Waals surface area contributed by atoms with E-state index in [2.05, 4.69) is 15.9 Å². The number of ether oxygens (including phenoxy) is 2. The van der Waals surface area contributed by atoms with Gasteiger partial charge in [-0.1, -0.05) is 34.1 Å². The summed E-state index contributed by atoms with van der Waals surface area (Å²) < 4.78 is 38.4. The van der Waals surface area contributed by atoms with Gasteiger partial charge in [-0.25, -0.2) is 13.2 Å². The molecule has 0 fully saturated rings. The molecule has 0 aliphatic heterocycles. The van der Waals surface area contributed by atoms with Crippen LogP contribution in [0.15, 0.2) is 62.8 Å². The third-order valence-corrected chi connectivity index (χ3v) is 8.20. The lowest BCUT2D eigenvalue weighted by Gasteiger charge is -2.21. The van der Waals surface area contributed by atoms with Crippen LogP contribution in [0.4, 0.5) is 5.69 Å². The number of hydrogen-bond acceptors (Lipinski definition) is 6. The quantitative estimate of drug-likeness (QED) is 0.370. The highest BCUT2D eigenvalue weighted by atomic mass is 79.9. The lowest BCUT2D eigenvalue weighted by molar-refractivity contribution is 0.0595. The Bertz CT molecular complexity index is 1280. The van der Waals surface area contributed by atoms with E-state index in [0.717, 1.165) is 10.0 Å². The van der Waals surface area contributed by atoms with Gasteiger partial charge < -0.3 is 15.2 Å². The van der Waals surface area contributed by atoms with Gasteiger partial charge in [-0.2, -0.15) is 0 Å². The topological polar surface area (TPSA) is 95.7 Å². The van der Waals surface area contributed by atoms with Crippen molar-refractivity contribution in [2.75, 3.05) is 20.0 Å². The molecular formula is C24H24BrNO5S. The maximum atomic E-state index is 13.7. The maximum absolute atomic E-state index is 13.7. The van der Waals surface area contributed by atoms with Gasteiger partial charge in [-0.3, -0.25) is 0 Å². The van der Waals surface area contributed by atoms with Crippen molar-refractivity contribution in [3.05, 3.63) is 80.8 Å². The zero-order valence-electron chi connectivity index (χ0n) is 18.2. The van der Waals surface area contributed by atoms with E-state index in [0.29, 0.717) is 34.5 Å². The van der Waals surface area contributed by atoms with Crippen molar-refractivity contribution in [2.45, 2.75) is 30.1 Å². The smallest absolute Gasteiger partial charge is 0.339 e. The van der Waals surface area contributed by atoms with E-state index in [1.807, 2.05) is 24.3 Å². The van der Waals surface area contributed by atoms with Crippen molar-refractivity contribution < 1.29 is 22.7 Å². The van der Waals surface area contributed by atoms with E-state index in [1.165, 1.54) is 26.4 Å². The van der Waals surface area contributed by atoms with Gasteiger partial charge in [-0.15, -0.1) is 0 Å². The molecule has 32 heavy (non-hydrogen) atoms. The second-order valence-corrected chi connectivity index (χ2v) is 10.0. The number of carbonyl (C=O) groups is 1. The van der Waals surface area contributed by atoms with Crippen LogP contribution in [0.5, 0.6) is 5.75 Å². The molecule has 8 heteroatoms. The average molecular weight is 518 g/mol. The molecule has 0 unspecified atom stereocenters. The van der Waals surface area contributed by atoms with Crippen LogP contribution in [0.3, 0.4) is 0 Å². The zero-order chi connectivity index (χ0) is 23.6. The lowest BCUT2D eigenvalue weighted by atomic mass is 9.91. The first-order valence-electron chi connectivity index (χ1n) is 9.75. The number of esters is 1. The Morgan fingerprint density at radius 2 is 1.62 bits per heavy atom. The van der Waals surface area contributed by atoms with Crippen LogP contribution in [0.1, 0.15) is 32.6 Å². The van der Waals surface area contributed by atoms with Crippen LogP contribution in [0.25, 0.3) is 0 Å². The number of benzene rings is 3. The highest BCUT2D eigenvalue weighted by Gasteiger charge is 2.32. The van der Waals surface area contributed by atoms with Crippen LogP contribution in [0.2, 0.25) is 0 Å². The molecule has 168 valence electrons. The van der Waals surface area contributed by atoms with Crippen LogP contribution < -0.4 is 10.5 Å². The maximum Gasteiger partial charge on any atom is 0.339 e. The predicted octanol–water partition coefficient (Wildman–Crippen LogP) is 4.87. The Morgan fingerprint density at radius 3 is 2.19 bits per heavy atom. The number of halogens is 1. The number of nitrogen functional groups attached to an aromatic ring is 1. The standard InChI is InChI=1S/C24H24BrNO5S/c1-14-19(13-16-7-5-6-8-20(16)25)21(24(27)31-4)23(15(2)22(14)26)32(28,29)18-11-9-17(30-3)10-12-18/h5-12H,13,26H2,1-4H3. The van der Waals surface area contributed by atoms with Gasteiger partial charge in [0.2, 0.25) is 9.84 Å². The van der Waals surface area contributed by atoms with E-state index < -0.39 is 15.8 Å². The van der Waals surface area contributed by atoms with Gasteiger partial charge in [0.05, 0.1) is 29.6 Å². The van der Waals surface area contributed by atoms with Crippen molar-refractivity contribution in [3.8, 4) is 5.75 Å². The van der Waals surface area contributed by atoms with Crippen molar-refractivity contribution in [1.82, 2.24) is 0 Å². The minimum absolute atomic E-state index is 0.00303. The van der Waals surface area contributed by atoms with Crippen LogP contribution in [-0.4, -0.2) is 28.6 Å². The molecule has 0 atom stereocenters. The molecule has 0 aliphatic carbocycles. The fraction of sp³-hybridized carbons (Fsp3) is 0.208. The van der Waals surface area contributed by atoms with E-state index in [1.54, 1.807) is 26.0 Å². The van der Waals surface area contributed by atoms with Gasteiger partial charge in [0.1, 0.15) is 5.75 Å². The Labute approximate surface area is 196 Å². The largest absolute Gasteiger partial charge is 0.497 e. The van der Waals surface area contributed by atoms with Crippen LogP contribution in [-0.2, 0) is 21.0 Å². The molecular weight excluding hydrogens is 494 g/mol. The second kappa shape index (κ2) is 9.34. The normalized spacial score (nSPS) is 11.3. The molecule has 0 heterocycles. The van der Waals surface area contributed by atoms with Crippen molar-refractivity contribution in [2.24, 2.45) is 0 Å².